The molecule has 3 aromatic rings. The zero-order chi connectivity index (χ0) is 91.5. The van der Waals surface area contributed by atoms with Crippen LogP contribution in [-0.2, 0) is 106 Å². The lowest BCUT2D eigenvalue weighted by Gasteiger charge is -2.30. The molecule has 0 radical (unpaired) electrons. The average Bonchev–Trinajstić information content (AvgIpc) is 1.52. The molecule has 4 rings (SSSR count). The monoisotopic (exact) mass is 1720 g/mol. The van der Waals surface area contributed by atoms with Gasteiger partial charge in [0.1, 0.15) is 84.3 Å². The lowest BCUT2D eigenvalue weighted by molar-refractivity contribution is -0.140. The Morgan fingerprint density at radius 3 is 1.33 bits per heavy atom. The molecule has 0 spiro atoms. The van der Waals surface area contributed by atoms with Crippen molar-refractivity contribution in [3.63, 3.8) is 0 Å². The summed E-state index contributed by atoms with van der Waals surface area (Å²) in [6.07, 6.45) is 4.16. The molecular weight excluding hydrogens is 1590 g/mol. The van der Waals surface area contributed by atoms with Crippen LogP contribution >= 0.6 is 0 Å². The summed E-state index contributed by atoms with van der Waals surface area (Å²) in [4.78, 5) is 259. The molecule has 1 saturated heterocycles. The van der Waals surface area contributed by atoms with Crippen molar-refractivity contribution >= 4 is 106 Å². The number of rotatable bonds is 51. The zero-order valence-corrected chi connectivity index (χ0v) is 71.6. The van der Waals surface area contributed by atoms with Crippen LogP contribution in [-0.4, -0.2) is 258 Å². The fraction of sp³-hybridized carbons (Fsp3) is 0.620. The minimum atomic E-state index is -1.79. The van der Waals surface area contributed by atoms with Gasteiger partial charge >= 0.3 is 0 Å². The first-order valence-corrected chi connectivity index (χ1v) is 40.8. The number of likely N-dealkylation sites (tertiary alicyclic amines) is 1. The maximum atomic E-state index is 14.3. The third-order valence-corrected chi connectivity index (χ3v) is 19.6. The van der Waals surface area contributed by atoms with Gasteiger partial charge in [0.25, 0.3) is 0 Å². The predicted octanol–water partition coefficient (Wildman–Crippen LogP) is -5.62. The van der Waals surface area contributed by atoms with E-state index in [1.54, 1.807) is 67.5 Å². The van der Waals surface area contributed by atoms with Crippen LogP contribution in [0.4, 0.5) is 0 Å². The van der Waals surface area contributed by atoms with E-state index in [1.165, 1.54) is 69.8 Å². The van der Waals surface area contributed by atoms with Gasteiger partial charge in [-0.25, -0.2) is 9.97 Å². The van der Waals surface area contributed by atoms with E-state index in [-0.39, 0.29) is 86.6 Å². The number of H-pyrrole nitrogens is 2. The van der Waals surface area contributed by atoms with E-state index in [0.29, 0.717) is 30.5 Å². The Labute approximate surface area is 707 Å². The molecule has 2 aromatic heterocycles. The van der Waals surface area contributed by atoms with Crippen LogP contribution in [0.1, 0.15) is 165 Å². The largest absolute Gasteiger partial charge is 0.508 e. The highest BCUT2D eigenvalue weighted by Crippen LogP contribution is 2.22. The number of carbonyl (C=O) groups is 18. The Balaban J connectivity index is 1.33. The fourth-order valence-electron chi connectivity index (χ4n) is 12.9. The van der Waals surface area contributed by atoms with Crippen LogP contribution in [0, 0.1) is 29.6 Å². The van der Waals surface area contributed by atoms with Crippen LogP contribution < -0.4 is 97.0 Å². The number of benzene rings is 1. The Morgan fingerprint density at radius 2 is 0.852 bits per heavy atom. The molecule has 1 aliphatic rings. The normalized spacial score (nSPS) is 16.2. The first-order valence-electron chi connectivity index (χ1n) is 40.8. The van der Waals surface area contributed by atoms with Gasteiger partial charge in [-0.15, -0.1) is 0 Å². The second kappa shape index (κ2) is 50.2. The number of phenols is 1. The van der Waals surface area contributed by atoms with Crippen molar-refractivity contribution in [2.45, 2.75) is 258 Å². The highest BCUT2D eigenvalue weighted by molar-refractivity contribution is 6.01. The molecule has 0 bridgehead atoms. The maximum absolute atomic E-state index is 14.3. The van der Waals surface area contributed by atoms with Crippen LogP contribution in [0.3, 0.4) is 0 Å². The number of nitrogens with two attached hydrogens (primary N) is 3. The molecule has 0 unspecified atom stereocenters. The number of aromatic amines is 2. The average molecular weight is 1720 g/mol. The lowest BCUT2D eigenvalue weighted by Crippen LogP contribution is -2.61. The molecule has 676 valence electrons. The standard InChI is InChI=1S/C79H125N23O20/c1-15-42(10)64(77(120)99-55(26-41(8)9)75(118)101-65(46(14)103)78(121)94-52(66(82)109)23-38(2)3)100-63(108)35-86-68(111)44(12)91-69(112)45(13)92-71(114)57(29-49-32-84-37-89-49)97-74(117)58(30-60(81)105)93-62(107)34-85-67(110)43(11)90-61(106)33-87-70(113)56(28-48-31-83-36-88-48)96-72(115)53(24-39(4)5)95-73(116)54(25-40(6)7)98-76(119)59-17-16-22-102(59)79(122)51(80)27-47-18-20-50(104)21-19-47/h18-21,31-32,36-46,51-59,64-65,103-104H,15-17,22-30,33-35,80H2,1-14H3,(H2,81,105)(H2,82,109)(H,83,88)(H,84,89)(H,85,110)(H,86,111)(H,87,113)(H,90,106)(H,91,112)(H,92,114)(H,93,107)(H,94,121)(H,95,116)(H,96,115)(H,97,117)(H,98,119)(H,99,120)(H,100,108)(H,101,118)/t42-,43-,44-,45-,46+,51-,52-,53-,54-,55-,56-,57-,58-,59-,64-,65-/m0/s1. The third kappa shape index (κ3) is 35.2. The van der Waals surface area contributed by atoms with Gasteiger partial charge in [-0.05, 0) is 120 Å². The maximum Gasteiger partial charge on any atom is 0.245 e. The Kier molecular flexibility index (Phi) is 42.0. The van der Waals surface area contributed by atoms with E-state index in [0.717, 1.165) is 0 Å². The van der Waals surface area contributed by atoms with E-state index in [9.17, 15) is 96.5 Å². The minimum absolute atomic E-state index is 0.0411. The molecule has 0 aliphatic carbocycles. The predicted molar refractivity (Wildman–Crippen MR) is 440 cm³/mol. The number of imidazole rings is 2. The number of aliphatic hydroxyl groups excluding tert-OH is 1. The van der Waals surface area contributed by atoms with E-state index in [2.05, 4.69) is 99.7 Å². The summed E-state index contributed by atoms with van der Waals surface area (Å²) in [6.45, 7) is 20.6. The number of hydrogen-bond acceptors (Lipinski definition) is 23. The highest BCUT2D eigenvalue weighted by Gasteiger charge is 2.41. The number of aromatic nitrogens is 4. The lowest BCUT2D eigenvalue weighted by atomic mass is 9.96. The van der Waals surface area contributed by atoms with Gasteiger partial charge in [-0.3, -0.25) is 86.3 Å². The van der Waals surface area contributed by atoms with Crippen molar-refractivity contribution in [2.75, 3.05) is 26.2 Å². The Morgan fingerprint density at radius 1 is 0.451 bits per heavy atom. The zero-order valence-electron chi connectivity index (χ0n) is 71.6. The third-order valence-electron chi connectivity index (χ3n) is 19.6. The fourth-order valence-corrected chi connectivity index (χ4v) is 12.9. The second-order valence-corrected chi connectivity index (χ2v) is 32.4. The SMILES string of the molecule is CC[C@H](C)[C@H](NC(=O)CNC(=O)[C@H](C)NC(=O)[C@H](C)NC(=O)[C@H](Cc1cnc[nH]1)NC(=O)[C@H](CC(N)=O)NC(=O)CNC(=O)[C@H](C)NC(=O)CNC(=O)[C@H](Cc1cnc[nH]1)NC(=O)[C@H](CC(C)C)NC(=O)[C@H](CC(C)C)NC(=O)[C@@H]1CCCN1C(=O)[C@@H](N)Cc1ccc(O)cc1)C(=O)N[C@@H](CC(C)C)C(=O)N[C@H](C(=O)N[C@@H](CC(C)C)C(N)=O)[C@@H](C)O. The van der Waals surface area contributed by atoms with Crippen LogP contribution in [0.5, 0.6) is 5.75 Å². The van der Waals surface area contributed by atoms with Crippen LogP contribution in [0.25, 0.3) is 0 Å². The van der Waals surface area contributed by atoms with E-state index in [1.807, 2.05) is 13.8 Å². The molecule has 16 atom stereocenters. The molecule has 1 aromatic carbocycles. The van der Waals surface area contributed by atoms with Crippen molar-refractivity contribution in [3.8, 4) is 5.75 Å². The van der Waals surface area contributed by atoms with Crippen molar-refractivity contribution in [2.24, 2.45) is 46.8 Å². The van der Waals surface area contributed by atoms with Crippen molar-refractivity contribution in [1.82, 2.24) is 105 Å². The highest BCUT2D eigenvalue weighted by atomic mass is 16.3. The number of primary amides is 2. The number of aromatic hydroxyl groups is 1. The molecule has 43 heteroatoms. The van der Waals surface area contributed by atoms with Crippen molar-refractivity contribution in [1.29, 1.82) is 0 Å². The van der Waals surface area contributed by atoms with Gasteiger partial charge in [0.2, 0.25) is 106 Å². The minimum Gasteiger partial charge on any atom is -0.508 e. The second-order valence-electron chi connectivity index (χ2n) is 32.4. The quantitative estimate of drug-likeness (QED) is 0.0251. The summed E-state index contributed by atoms with van der Waals surface area (Å²) in [5, 5.41) is 57.5. The number of nitrogens with one attached hydrogen (secondary N) is 17. The number of hydrogen-bond donors (Lipinski definition) is 22. The summed E-state index contributed by atoms with van der Waals surface area (Å²) in [7, 11) is 0. The first kappa shape index (κ1) is 102. The molecule has 25 N–H and O–H groups in total. The van der Waals surface area contributed by atoms with Crippen LogP contribution in [0.2, 0.25) is 0 Å². The van der Waals surface area contributed by atoms with Gasteiger partial charge in [-0.2, -0.15) is 0 Å². The van der Waals surface area contributed by atoms with E-state index < -0.39 is 229 Å². The summed E-state index contributed by atoms with van der Waals surface area (Å²) < 4.78 is 0. The van der Waals surface area contributed by atoms with Gasteiger partial charge in [-0.1, -0.05) is 87.8 Å². The molecule has 122 heavy (non-hydrogen) atoms. The first-order chi connectivity index (χ1) is 57.3. The number of phenolic OH excluding ortho intramolecular Hbond substituents is 1. The topological polar surface area (TPSA) is 667 Å². The summed E-state index contributed by atoms with van der Waals surface area (Å²) in [5.74, 6) is -16.9. The molecule has 1 aliphatic heterocycles. The van der Waals surface area contributed by atoms with Gasteiger partial charge in [0, 0.05) is 43.2 Å². The molecule has 18 amide bonds. The number of nitrogens with zero attached hydrogens (tertiary/aromatic N) is 3. The summed E-state index contributed by atoms with van der Waals surface area (Å²) >= 11 is 0. The van der Waals surface area contributed by atoms with Gasteiger partial charge in [0.05, 0.1) is 50.9 Å². The molecule has 1 fully saturated rings. The molecule has 43 nitrogen and oxygen atoms in total. The van der Waals surface area contributed by atoms with Gasteiger partial charge in [0.15, 0.2) is 0 Å². The van der Waals surface area contributed by atoms with Gasteiger partial charge < -0.3 is 122 Å². The summed E-state index contributed by atoms with van der Waals surface area (Å²) in [5.41, 5.74) is 18.6. The molecule has 3 heterocycles. The molecule has 0 saturated carbocycles. The Bertz CT molecular complexity index is 4070. The number of aliphatic hydroxyl groups is 1. The van der Waals surface area contributed by atoms with Crippen molar-refractivity contribution < 1.29 is 96.5 Å². The van der Waals surface area contributed by atoms with E-state index >= 15 is 0 Å². The van der Waals surface area contributed by atoms with Crippen molar-refractivity contribution in [3.05, 3.63) is 66.3 Å². The molecular formula is C79H125N23O20. The smallest absolute Gasteiger partial charge is 0.245 e. The van der Waals surface area contributed by atoms with E-state index in [4.69, 9.17) is 17.2 Å². The number of amides is 18. The Hall–Kier alpha value is -12.2. The number of carbonyl (C=O) groups excluding carboxylic acids is 18. The summed E-state index contributed by atoms with van der Waals surface area (Å²) in [6, 6.07) is -12.4. The van der Waals surface area contributed by atoms with Crippen LogP contribution in [0.15, 0.2) is 49.3 Å².